The number of nitrogens with one attached hydrogen (secondary N) is 1. The van der Waals surface area contributed by atoms with Gasteiger partial charge >= 0.3 is 0 Å². The third-order valence-corrected chi connectivity index (χ3v) is 3.94. The Morgan fingerprint density at radius 1 is 1.38 bits per heavy atom. The number of hydrogen-bond donors (Lipinski definition) is 1. The van der Waals surface area contributed by atoms with Crippen LogP contribution in [0.2, 0.25) is 0 Å². The SMILES string of the molecule is C[C@@H]1CCn2cc([C@H]3CCCCN3)nc2C1. The highest BCUT2D eigenvalue weighted by molar-refractivity contribution is 5.11. The molecule has 1 saturated heterocycles. The Bertz CT molecular complexity index is 363. The van der Waals surface area contributed by atoms with Crippen molar-refractivity contribution in [3.05, 3.63) is 17.7 Å². The second-order valence-corrected chi connectivity index (χ2v) is 5.38. The van der Waals surface area contributed by atoms with E-state index in [9.17, 15) is 0 Å². The molecule has 3 rings (SSSR count). The number of aromatic nitrogens is 2. The van der Waals surface area contributed by atoms with Gasteiger partial charge in [-0.25, -0.2) is 4.98 Å². The third-order valence-electron chi connectivity index (χ3n) is 3.94. The average Bonchev–Trinajstić information content (AvgIpc) is 2.73. The van der Waals surface area contributed by atoms with Gasteiger partial charge in [-0.2, -0.15) is 0 Å². The summed E-state index contributed by atoms with van der Waals surface area (Å²) in [5.41, 5.74) is 1.28. The Kier molecular flexibility index (Phi) is 2.72. The van der Waals surface area contributed by atoms with Crippen molar-refractivity contribution in [2.45, 2.75) is 51.6 Å². The van der Waals surface area contributed by atoms with Crippen LogP contribution in [0.25, 0.3) is 0 Å². The van der Waals surface area contributed by atoms with Crippen LogP contribution in [-0.4, -0.2) is 16.1 Å². The molecule has 0 amide bonds. The topological polar surface area (TPSA) is 29.9 Å². The fourth-order valence-corrected chi connectivity index (χ4v) is 2.88. The van der Waals surface area contributed by atoms with Crippen molar-refractivity contribution in [3.63, 3.8) is 0 Å². The van der Waals surface area contributed by atoms with Crippen LogP contribution in [0.15, 0.2) is 6.20 Å². The van der Waals surface area contributed by atoms with Gasteiger partial charge in [-0.1, -0.05) is 13.3 Å². The first kappa shape index (κ1) is 10.3. The van der Waals surface area contributed by atoms with E-state index in [2.05, 4.69) is 23.0 Å². The average molecular weight is 219 g/mol. The van der Waals surface area contributed by atoms with Gasteiger partial charge in [0, 0.05) is 19.2 Å². The van der Waals surface area contributed by atoms with Crippen molar-refractivity contribution in [3.8, 4) is 0 Å². The smallest absolute Gasteiger partial charge is 0.109 e. The monoisotopic (exact) mass is 219 g/mol. The summed E-state index contributed by atoms with van der Waals surface area (Å²) < 4.78 is 2.37. The van der Waals surface area contributed by atoms with Gasteiger partial charge in [0.15, 0.2) is 0 Å². The summed E-state index contributed by atoms with van der Waals surface area (Å²) >= 11 is 0. The highest BCUT2D eigenvalue weighted by Gasteiger charge is 2.22. The van der Waals surface area contributed by atoms with Crippen LogP contribution in [0.3, 0.4) is 0 Å². The number of nitrogens with zero attached hydrogens (tertiary/aromatic N) is 2. The number of rotatable bonds is 1. The first-order valence-corrected chi connectivity index (χ1v) is 6.62. The molecule has 1 fully saturated rings. The van der Waals surface area contributed by atoms with Gasteiger partial charge in [0.25, 0.3) is 0 Å². The quantitative estimate of drug-likeness (QED) is 0.785. The van der Waals surface area contributed by atoms with Crippen LogP contribution in [0.4, 0.5) is 0 Å². The zero-order chi connectivity index (χ0) is 11.0. The molecule has 2 aliphatic rings. The number of piperidine rings is 1. The largest absolute Gasteiger partial charge is 0.335 e. The molecule has 88 valence electrons. The molecule has 1 aromatic rings. The van der Waals surface area contributed by atoms with Crippen molar-refractivity contribution in [1.29, 1.82) is 0 Å². The van der Waals surface area contributed by atoms with Gasteiger partial charge in [0.2, 0.25) is 0 Å². The molecule has 0 unspecified atom stereocenters. The van der Waals surface area contributed by atoms with E-state index in [4.69, 9.17) is 4.98 Å². The minimum absolute atomic E-state index is 0.516. The first-order chi connectivity index (χ1) is 7.83. The molecule has 1 N–H and O–H groups in total. The van der Waals surface area contributed by atoms with E-state index in [1.54, 1.807) is 0 Å². The molecule has 2 aliphatic heterocycles. The van der Waals surface area contributed by atoms with E-state index in [1.165, 1.54) is 37.2 Å². The minimum atomic E-state index is 0.516. The molecule has 1 aromatic heterocycles. The Labute approximate surface area is 97.3 Å². The molecule has 0 spiro atoms. The molecular formula is C13H21N3. The van der Waals surface area contributed by atoms with Crippen LogP contribution in [0, 0.1) is 5.92 Å². The fourth-order valence-electron chi connectivity index (χ4n) is 2.88. The maximum absolute atomic E-state index is 4.83. The normalized spacial score (nSPS) is 30.1. The Balaban J connectivity index is 1.80. The van der Waals surface area contributed by atoms with E-state index in [1.807, 2.05) is 0 Å². The van der Waals surface area contributed by atoms with E-state index >= 15 is 0 Å². The molecule has 0 radical (unpaired) electrons. The summed E-state index contributed by atoms with van der Waals surface area (Å²) in [5, 5.41) is 3.58. The zero-order valence-corrected chi connectivity index (χ0v) is 10.1. The summed E-state index contributed by atoms with van der Waals surface area (Å²) in [4.78, 5) is 4.83. The lowest BCUT2D eigenvalue weighted by molar-refractivity contribution is 0.405. The maximum atomic E-state index is 4.83. The maximum Gasteiger partial charge on any atom is 0.109 e. The molecule has 3 heterocycles. The second-order valence-electron chi connectivity index (χ2n) is 5.38. The predicted molar refractivity (Wildman–Crippen MR) is 64.3 cm³/mol. The molecular weight excluding hydrogens is 198 g/mol. The Morgan fingerprint density at radius 3 is 3.12 bits per heavy atom. The van der Waals surface area contributed by atoms with Crippen LogP contribution in [0.5, 0.6) is 0 Å². The first-order valence-electron chi connectivity index (χ1n) is 6.62. The van der Waals surface area contributed by atoms with Gasteiger partial charge in [-0.3, -0.25) is 0 Å². The van der Waals surface area contributed by atoms with Crippen LogP contribution < -0.4 is 5.32 Å². The zero-order valence-electron chi connectivity index (χ0n) is 10.1. The molecule has 0 bridgehead atoms. The Hall–Kier alpha value is -0.830. The second kappa shape index (κ2) is 4.21. The molecule has 2 atom stereocenters. The van der Waals surface area contributed by atoms with E-state index in [0.717, 1.165) is 25.4 Å². The van der Waals surface area contributed by atoms with Gasteiger partial charge in [0.05, 0.1) is 11.7 Å². The van der Waals surface area contributed by atoms with Crippen LogP contribution >= 0.6 is 0 Å². The lowest BCUT2D eigenvalue weighted by atomic mass is 10.0. The van der Waals surface area contributed by atoms with Gasteiger partial charge < -0.3 is 9.88 Å². The van der Waals surface area contributed by atoms with Crippen molar-refractivity contribution in [1.82, 2.24) is 14.9 Å². The molecule has 3 nitrogen and oxygen atoms in total. The summed E-state index contributed by atoms with van der Waals surface area (Å²) in [6.07, 6.45) is 8.67. The summed E-state index contributed by atoms with van der Waals surface area (Å²) in [7, 11) is 0. The van der Waals surface area contributed by atoms with E-state index in [0.29, 0.717) is 6.04 Å². The number of fused-ring (bicyclic) bond motifs is 1. The third kappa shape index (κ3) is 1.88. The molecule has 16 heavy (non-hydrogen) atoms. The Morgan fingerprint density at radius 2 is 2.31 bits per heavy atom. The highest BCUT2D eigenvalue weighted by Crippen LogP contribution is 2.25. The molecule has 0 aromatic carbocycles. The standard InChI is InChI=1S/C13H21N3/c1-10-5-7-16-9-12(15-13(16)8-10)11-4-2-3-6-14-11/h9-11,14H,2-8H2,1H3/t10-,11-/m1/s1. The van der Waals surface area contributed by atoms with Gasteiger partial charge in [-0.05, 0) is 31.7 Å². The summed E-state index contributed by atoms with van der Waals surface area (Å²) in [6.45, 7) is 4.65. The molecule has 0 aliphatic carbocycles. The lowest BCUT2D eigenvalue weighted by Gasteiger charge is -2.21. The van der Waals surface area contributed by atoms with Gasteiger partial charge in [-0.15, -0.1) is 0 Å². The van der Waals surface area contributed by atoms with Crippen LogP contribution in [0.1, 0.15) is 50.2 Å². The highest BCUT2D eigenvalue weighted by atomic mass is 15.1. The van der Waals surface area contributed by atoms with Crippen molar-refractivity contribution < 1.29 is 0 Å². The van der Waals surface area contributed by atoms with Gasteiger partial charge in [0.1, 0.15) is 5.82 Å². The molecule has 3 heteroatoms. The predicted octanol–water partition coefficient (Wildman–Crippen LogP) is 2.28. The summed E-state index contributed by atoms with van der Waals surface area (Å²) in [5.74, 6) is 2.11. The molecule has 0 saturated carbocycles. The lowest BCUT2D eigenvalue weighted by Crippen LogP contribution is -2.27. The summed E-state index contributed by atoms with van der Waals surface area (Å²) in [6, 6.07) is 0.516. The van der Waals surface area contributed by atoms with E-state index < -0.39 is 0 Å². The number of imidazole rings is 1. The number of aryl methyl sites for hydroxylation is 1. The van der Waals surface area contributed by atoms with Crippen molar-refractivity contribution in [2.24, 2.45) is 5.92 Å². The number of hydrogen-bond acceptors (Lipinski definition) is 2. The van der Waals surface area contributed by atoms with E-state index in [-0.39, 0.29) is 0 Å². The van der Waals surface area contributed by atoms with Crippen molar-refractivity contribution in [2.75, 3.05) is 6.54 Å². The van der Waals surface area contributed by atoms with Crippen molar-refractivity contribution >= 4 is 0 Å². The minimum Gasteiger partial charge on any atom is -0.335 e. The fraction of sp³-hybridized carbons (Fsp3) is 0.769. The van der Waals surface area contributed by atoms with Crippen LogP contribution in [-0.2, 0) is 13.0 Å².